The summed E-state index contributed by atoms with van der Waals surface area (Å²) in [7, 11) is 0. The van der Waals surface area contributed by atoms with Gasteiger partial charge in [0.05, 0.1) is 11.8 Å². The van der Waals surface area contributed by atoms with Crippen molar-refractivity contribution in [2.24, 2.45) is 0 Å². The van der Waals surface area contributed by atoms with Crippen LogP contribution >= 0.6 is 11.8 Å². The quantitative estimate of drug-likeness (QED) is 0.644. The zero-order valence-corrected chi connectivity index (χ0v) is 18.6. The van der Waals surface area contributed by atoms with E-state index in [0.29, 0.717) is 31.5 Å². The number of carbonyl (C=O) groups is 2. The Morgan fingerprint density at radius 3 is 2.47 bits per heavy atom. The Bertz CT molecular complexity index is 772. The average molecular weight is 439 g/mol. The van der Waals surface area contributed by atoms with Crippen molar-refractivity contribution in [2.75, 3.05) is 16.8 Å². The highest BCUT2D eigenvalue weighted by Gasteiger charge is 2.36. The van der Waals surface area contributed by atoms with Crippen LogP contribution in [0.5, 0.6) is 0 Å². The van der Waals surface area contributed by atoms with E-state index in [0.717, 1.165) is 24.1 Å². The van der Waals surface area contributed by atoms with E-state index in [4.69, 9.17) is 0 Å². The predicted molar refractivity (Wildman–Crippen MR) is 117 cm³/mol. The summed E-state index contributed by atoms with van der Waals surface area (Å²) in [6, 6.07) is 1.32. The second-order valence-electron chi connectivity index (χ2n) is 9.06. The van der Waals surface area contributed by atoms with Crippen molar-refractivity contribution in [1.29, 1.82) is 0 Å². The summed E-state index contributed by atoms with van der Waals surface area (Å²) in [5.41, 5.74) is -0.255. The van der Waals surface area contributed by atoms with Crippen LogP contribution in [0.25, 0.3) is 0 Å². The summed E-state index contributed by atoms with van der Waals surface area (Å²) < 4.78 is 13.8. The molecule has 0 radical (unpaired) electrons. The lowest BCUT2D eigenvalue weighted by Gasteiger charge is -2.42. The lowest BCUT2D eigenvalue weighted by Crippen LogP contribution is -2.53. The van der Waals surface area contributed by atoms with Crippen LogP contribution in [0.4, 0.5) is 15.0 Å². The van der Waals surface area contributed by atoms with Gasteiger partial charge >= 0.3 is 6.09 Å². The van der Waals surface area contributed by atoms with Crippen LogP contribution in [0.1, 0.15) is 63.2 Å². The highest BCUT2D eigenvalue weighted by Crippen LogP contribution is 2.29. The molecule has 2 aliphatic rings. The van der Waals surface area contributed by atoms with Crippen molar-refractivity contribution in [3.8, 4) is 0 Å². The number of hydrogen-bond donors (Lipinski definition) is 3. The minimum atomic E-state index is -0.915. The standard InChI is InChI=1S/C21H31FN4O3S/c1-21(2,3)26(20(28)29)16-6-4-14(5-7-16)25-19(27)17-10-13(22)11-23-18(17)24-15-8-9-30-12-15/h10-11,14-16H,4-9,12H2,1-3H3,(H,23,24)(H,25,27)(H,28,29)/t14-,15?,16+. The molecule has 0 bridgehead atoms. The molecule has 0 aromatic carbocycles. The fourth-order valence-electron chi connectivity index (χ4n) is 4.30. The molecule has 1 aromatic heterocycles. The third-order valence-corrected chi connectivity index (χ3v) is 6.86. The summed E-state index contributed by atoms with van der Waals surface area (Å²) in [5.74, 6) is 1.53. The molecule has 1 atom stereocenters. The number of nitrogens with zero attached hydrogens (tertiary/aromatic N) is 2. The zero-order chi connectivity index (χ0) is 21.9. The molecule has 1 aromatic rings. The van der Waals surface area contributed by atoms with Crippen LogP contribution < -0.4 is 10.6 Å². The molecule has 2 fully saturated rings. The number of thioether (sulfide) groups is 1. The third-order valence-electron chi connectivity index (χ3n) is 5.70. The van der Waals surface area contributed by atoms with Gasteiger partial charge in [-0.25, -0.2) is 14.2 Å². The number of hydrogen-bond acceptors (Lipinski definition) is 5. The number of anilines is 1. The van der Waals surface area contributed by atoms with Crippen LogP contribution in [0.15, 0.2) is 12.3 Å². The monoisotopic (exact) mass is 438 g/mol. The zero-order valence-electron chi connectivity index (χ0n) is 17.8. The Kier molecular flexibility index (Phi) is 7.10. The van der Waals surface area contributed by atoms with Crippen molar-refractivity contribution in [2.45, 2.75) is 76.5 Å². The van der Waals surface area contributed by atoms with Gasteiger partial charge < -0.3 is 20.6 Å². The molecule has 1 saturated heterocycles. The first-order valence-electron chi connectivity index (χ1n) is 10.5. The fourth-order valence-corrected chi connectivity index (χ4v) is 5.45. The first-order valence-corrected chi connectivity index (χ1v) is 11.6. The summed E-state index contributed by atoms with van der Waals surface area (Å²) in [6.07, 6.45) is 3.92. The van der Waals surface area contributed by atoms with Gasteiger partial charge in [-0.05, 0) is 64.7 Å². The van der Waals surface area contributed by atoms with E-state index in [1.54, 1.807) is 0 Å². The third kappa shape index (κ3) is 5.56. The normalized spacial score (nSPS) is 24.3. The predicted octanol–water partition coefficient (Wildman–Crippen LogP) is 3.96. The topological polar surface area (TPSA) is 94.6 Å². The summed E-state index contributed by atoms with van der Waals surface area (Å²) in [6.45, 7) is 5.68. The molecule has 1 aliphatic heterocycles. The number of pyridine rings is 1. The molecular formula is C21H31FN4O3S. The summed E-state index contributed by atoms with van der Waals surface area (Å²) in [4.78, 5) is 30.2. The van der Waals surface area contributed by atoms with Crippen molar-refractivity contribution < 1.29 is 19.1 Å². The lowest BCUT2D eigenvalue weighted by atomic mass is 9.88. The first-order chi connectivity index (χ1) is 14.1. The number of carbonyl (C=O) groups excluding carboxylic acids is 1. The van der Waals surface area contributed by atoms with Gasteiger partial charge in [-0.2, -0.15) is 11.8 Å². The SMILES string of the molecule is CC(C)(C)N(C(=O)O)[C@H]1CC[C@@H](NC(=O)c2cc(F)cnc2NC2CCSC2)CC1. The van der Waals surface area contributed by atoms with Crippen molar-refractivity contribution in [3.63, 3.8) is 0 Å². The molecule has 30 heavy (non-hydrogen) atoms. The molecule has 3 N–H and O–H groups in total. The summed E-state index contributed by atoms with van der Waals surface area (Å²) in [5, 5.41) is 15.9. The van der Waals surface area contributed by atoms with Crippen molar-refractivity contribution in [1.82, 2.24) is 15.2 Å². The van der Waals surface area contributed by atoms with Gasteiger partial charge in [-0.3, -0.25) is 4.79 Å². The van der Waals surface area contributed by atoms with Gasteiger partial charge in [0.15, 0.2) is 0 Å². The Morgan fingerprint density at radius 2 is 1.90 bits per heavy atom. The van der Waals surface area contributed by atoms with E-state index in [9.17, 15) is 19.1 Å². The van der Waals surface area contributed by atoms with E-state index in [1.165, 1.54) is 11.0 Å². The Morgan fingerprint density at radius 1 is 1.20 bits per heavy atom. The molecule has 3 rings (SSSR count). The van der Waals surface area contributed by atoms with E-state index in [2.05, 4.69) is 15.6 Å². The molecule has 166 valence electrons. The second-order valence-corrected chi connectivity index (χ2v) is 10.2. The maximum Gasteiger partial charge on any atom is 0.407 e. The maximum absolute atomic E-state index is 13.8. The molecule has 2 amide bonds. The maximum atomic E-state index is 13.8. The van der Waals surface area contributed by atoms with Crippen LogP contribution in [-0.4, -0.2) is 62.2 Å². The number of amides is 2. The van der Waals surface area contributed by atoms with Gasteiger partial charge in [-0.15, -0.1) is 0 Å². The highest BCUT2D eigenvalue weighted by atomic mass is 32.2. The fraction of sp³-hybridized carbons (Fsp3) is 0.667. The first kappa shape index (κ1) is 22.7. The molecule has 1 saturated carbocycles. The van der Waals surface area contributed by atoms with Gasteiger partial charge in [0.25, 0.3) is 5.91 Å². The number of aromatic nitrogens is 1. The Hall–Kier alpha value is -2.03. The Labute approximate surface area is 181 Å². The van der Waals surface area contributed by atoms with E-state index < -0.39 is 17.4 Å². The molecule has 0 spiro atoms. The van der Waals surface area contributed by atoms with Gasteiger partial charge in [0.1, 0.15) is 11.6 Å². The number of halogens is 1. The Balaban J connectivity index is 1.62. The molecule has 1 unspecified atom stereocenters. The second kappa shape index (κ2) is 9.41. The largest absolute Gasteiger partial charge is 0.465 e. The van der Waals surface area contributed by atoms with Gasteiger partial charge in [0.2, 0.25) is 0 Å². The van der Waals surface area contributed by atoms with E-state index in [1.807, 2.05) is 32.5 Å². The summed E-state index contributed by atoms with van der Waals surface area (Å²) >= 11 is 1.84. The van der Waals surface area contributed by atoms with Crippen molar-refractivity contribution in [3.05, 3.63) is 23.6 Å². The van der Waals surface area contributed by atoms with Crippen LogP contribution in [0, 0.1) is 5.82 Å². The molecule has 7 nitrogen and oxygen atoms in total. The molecule has 1 aliphatic carbocycles. The number of carboxylic acid groups (broad SMARTS) is 1. The number of nitrogens with one attached hydrogen (secondary N) is 2. The highest BCUT2D eigenvalue weighted by molar-refractivity contribution is 7.99. The molecular weight excluding hydrogens is 407 g/mol. The number of rotatable bonds is 5. The van der Waals surface area contributed by atoms with Crippen LogP contribution in [0.2, 0.25) is 0 Å². The smallest absolute Gasteiger partial charge is 0.407 e. The van der Waals surface area contributed by atoms with E-state index >= 15 is 0 Å². The van der Waals surface area contributed by atoms with Crippen molar-refractivity contribution >= 4 is 29.6 Å². The average Bonchev–Trinajstić information content (AvgIpc) is 3.16. The lowest BCUT2D eigenvalue weighted by molar-refractivity contribution is 0.0520. The molecule has 9 heteroatoms. The van der Waals surface area contributed by atoms with Gasteiger partial charge in [0, 0.05) is 29.4 Å². The van der Waals surface area contributed by atoms with Crippen LogP contribution in [0.3, 0.4) is 0 Å². The van der Waals surface area contributed by atoms with Crippen LogP contribution in [-0.2, 0) is 0 Å². The minimum absolute atomic E-state index is 0.0661. The molecule has 2 heterocycles. The van der Waals surface area contributed by atoms with Gasteiger partial charge in [-0.1, -0.05) is 0 Å². The van der Waals surface area contributed by atoms with E-state index in [-0.39, 0.29) is 29.6 Å². The minimum Gasteiger partial charge on any atom is -0.465 e.